The molecule has 11 nitrogen and oxygen atoms in total. The van der Waals surface area contributed by atoms with Crippen molar-refractivity contribution in [2.75, 3.05) is 19.8 Å². The Kier molecular flexibility index (Phi) is 5.87. The van der Waals surface area contributed by atoms with Crippen LogP contribution in [-0.4, -0.2) is 56.4 Å². The molecule has 146 valence electrons. The molecule has 2 aromatic heterocycles. The van der Waals surface area contributed by atoms with Crippen molar-refractivity contribution in [3.63, 3.8) is 0 Å². The molecule has 0 saturated heterocycles. The number of aromatic nitrogens is 5. The number of carbonyl (C=O) groups excluding carboxylic acids is 1. The smallest absolute Gasteiger partial charge is 0.293 e. The van der Waals surface area contributed by atoms with Gasteiger partial charge in [-0.05, 0) is 36.5 Å². The van der Waals surface area contributed by atoms with Gasteiger partial charge in [0.05, 0.1) is 22.0 Å². The Morgan fingerprint density at radius 1 is 1.36 bits per heavy atom. The van der Waals surface area contributed by atoms with Gasteiger partial charge in [0.2, 0.25) is 11.6 Å². The molecule has 1 amide bonds. The number of amides is 1. The summed E-state index contributed by atoms with van der Waals surface area (Å²) in [5.41, 5.74) is 9.03. The fraction of sp³-hybridized carbons (Fsp3) is 0.200. The van der Waals surface area contributed by atoms with Gasteiger partial charge in [-0.2, -0.15) is 9.78 Å². The van der Waals surface area contributed by atoms with Gasteiger partial charge in [0.15, 0.2) is 5.69 Å². The van der Waals surface area contributed by atoms with Crippen LogP contribution in [0.3, 0.4) is 0 Å². The van der Waals surface area contributed by atoms with Crippen LogP contribution in [0.1, 0.15) is 21.7 Å². The van der Waals surface area contributed by atoms with Crippen molar-refractivity contribution in [1.82, 2.24) is 35.6 Å². The number of benzene rings is 1. The van der Waals surface area contributed by atoms with Crippen LogP contribution in [0.2, 0.25) is 10.0 Å². The van der Waals surface area contributed by atoms with Crippen LogP contribution in [-0.2, 0) is 6.54 Å². The molecule has 0 bridgehead atoms. The lowest BCUT2D eigenvalue weighted by molar-refractivity contribution is 0.0948. The standard InChI is InChI=1S/C15H15Cl2N9O2/c1-25(2)7-11-12(20-24-26(11)14-13(18)22-28-23-14)15(27)21-19-6-8-9(16)4-3-5-10(8)17/h3-6H,7H2,1-2H3,(H2,18,22)(H,21,27). The van der Waals surface area contributed by atoms with Gasteiger partial charge < -0.3 is 10.6 Å². The highest BCUT2D eigenvalue weighted by Gasteiger charge is 2.24. The van der Waals surface area contributed by atoms with Gasteiger partial charge in [0.1, 0.15) is 0 Å². The molecular weight excluding hydrogens is 409 g/mol. The zero-order chi connectivity index (χ0) is 20.3. The Balaban J connectivity index is 1.86. The van der Waals surface area contributed by atoms with Crippen LogP contribution in [0.4, 0.5) is 5.82 Å². The largest absolute Gasteiger partial charge is 0.378 e. The molecule has 0 aliphatic carbocycles. The summed E-state index contributed by atoms with van der Waals surface area (Å²) in [6.07, 6.45) is 1.35. The van der Waals surface area contributed by atoms with Crippen molar-refractivity contribution in [2.24, 2.45) is 5.10 Å². The quantitative estimate of drug-likeness (QED) is 0.447. The average molecular weight is 424 g/mol. The number of rotatable bonds is 6. The summed E-state index contributed by atoms with van der Waals surface area (Å²) >= 11 is 12.1. The van der Waals surface area contributed by atoms with Gasteiger partial charge in [-0.25, -0.2) is 10.1 Å². The van der Waals surface area contributed by atoms with Crippen LogP contribution in [0.25, 0.3) is 5.82 Å². The first kappa shape index (κ1) is 19.7. The summed E-state index contributed by atoms with van der Waals surface area (Å²) in [5, 5.41) is 19.7. The van der Waals surface area contributed by atoms with E-state index in [-0.39, 0.29) is 17.3 Å². The predicted octanol–water partition coefficient (Wildman–Crippen LogP) is 1.36. The molecule has 0 aliphatic rings. The van der Waals surface area contributed by atoms with E-state index in [1.165, 1.54) is 10.9 Å². The molecule has 0 saturated carbocycles. The third-order valence-corrected chi connectivity index (χ3v) is 4.16. The summed E-state index contributed by atoms with van der Waals surface area (Å²) in [6, 6.07) is 5.03. The normalized spacial score (nSPS) is 11.5. The average Bonchev–Trinajstić information content (AvgIpc) is 3.22. The number of carbonyl (C=O) groups is 1. The molecule has 3 rings (SSSR count). The van der Waals surface area contributed by atoms with Crippen LogP contribution < -0.4 is 11.2 Å². The summed E-state index contributed by atoms with van der Waals surface area (Å²) in [4.78, 5) is 14.4. The zero-order valence-corrected chi connectivity index (χ0v) is 16.3. The molecular formula is C15H15Cl2N9O2. The van der Waals surface area contributed by atoms with Crippen LogP contribution in [0.15, 0.2) is 27.9 Å². The van der Waals surface area contributed by atoms with Gasteiger partial charge in [-0.1, -0.05) is 34.5 Å². The van der Waals surface area contributed by atoms with E-state index in [9.17, 15) is 4.79 Å². The highest BCUT2D eigenvalue weighted by Crippen LogP contribution is 2.22. The molecule has 0 radical (unpaired) electrons. The zero-order valence-electron chi connectivity index (χ0n) is 14.8. The molecule has 0 atom stereocenters. The summed E-state index contributed by atoms with van der Waals surface area (Å²) in [6.45, 7) is 0.322. The third-order valence-electron chi connectivity index (χ3n) is 3.50. The van der Waals surface area contributed by atoms with E-state index < -0.39 is 5.91 Å². The van der Waals surface area contributed by atoms with Crippen molar-refractivity contribution >= 4 is 41.1 Å². The van der Waals surface area contributed by atoms with Crippen LogP contribution in [0.5, 0.6) is 0 Å². The van der Waals surface area contributed by atoms with E-state index in [0.717, 1.165) is 0 Å². The van der Waals surface area contributed by atoms with Crippen LogP contribution in [0, 0.1) is 0 Å². The molecule has 0 unspecified atom stereocenters. The second-order valence-corrected chi connectivity index (χ2v) is 6.66. The minimum atomic E-state index is -0.586. The Hall–Kier alpha value is -3.02. The number of hydrazone groups is 1. The summed E-state index contributed by atoms with van der Waals surface area (Å²) in [5.74, 6) is -0.435. The summed E-state index contributed by atoms with van der Waals surface area (Å²) < 4.78 is 5.88. The molecule has 0 fully saturated rings. The molecule has 0 aliphatic heterocycles. The second kappa shape index (κ2) is 8.33. The van der Waals surface area contributed by atoms with Crippen molar-refractivity contribution in [2.45, 2.75) is 6.54 Å². The lowest BCUT2D eigenvalue weighted by atomic mass is 10.2. The Morgan fingerprint density at radius 2 is 2.07 bits per heavy atom. The maximum atomic E-state index is 12.6. The highest BCUT2D eigenvalue weighted by atomic mass is 35.5. The van der Waals surface area contributed by atoms with Crippen LogP contribution >= 0.6 is 23.2 Å². The van der Waals surface area contributed by atoms with E-state index >= 15 is 0 Å². The van der Waals surface area contributed by atoms with E-state index in [1.807, 2.05) is 19.0 Å². The van der Waals surface area contributed by atoms with Gasteiger partial charge in [-0.15, -0.1) is 5.10 Å². The maximum absolute atomic E-state index is 12.6. The first-order valence-electron chi connectivity index (χ1n) is 7.83. The van der Waals surface area contributed by atoms with Gasteiger partial charge in [0.25, 0.3) is 5.91 Å². The Bertz CT molecular complexity index is 1010. The number of nitrogens with zero attached hydrogens (tertiary/aromatic N) is 7. The molecule has 1 aromatic carbocycles. The lowest BCUT2D eigenvalue weighted by Gasteiger charge is -2.11. The topological polar surface area (TPSA) is 140 Å². The van der Waals surface area contributed by atoms with E-state index in [4.69, 9.17) is 28.9 Å². The minimum Gasteiger partial charge on any atom is -0.378 e. The molecule has 0 spiro atoms. The molecule has 13 heteroatoms. The number of hydrogen-bond donors (Lipinski definition) is 2. The first-order chi connectivity index (χ1) is 13.4. The third kappa shape index (κ3) is 4.11. The Labute approximate surface area is 169 Å². The second-order valence-electron chi connectivity index (χ2n) is 5.84. The van der Waals surface area contributed by atoms with Crippen molar-refractivity contribution in [3.05, 3.63) is 45.2 Å². The number of halogens is 2. The van der Waals surface area contributed by atoms with Crippen molar-refractivity contribution in [1.29, 1.82) is 0 Å². The van der Waals surface area contributed by atoms with Crippen molar-refractivity contribution < 1.29 is 9.42 Å². The number of hydrogen-bond acceptors (Lipinski definition) is 9. The lowest BCUT2D eigenvalue weighted by Crippen LogP contribution is -2.23. The monoisotopic (exact) mass is 423 g/mol. The SMILES string of the molecule is CN(C)Cc1c(C(=O)NN=Cc2c(Cl)cccc2Cl)nnn1-c1nonc1N. The number of nitrogen functional groups attached to an aromatic ring is 1. The predicted molar refractivity (Wildman–Crippen MR) is 103 cm³/mol. The Morgan fingerprint density at radius 3 is 2.68 bits per heavy atom. The van der Waals surface area contributed by atoms with Gasteiger partial charge >= 0.3 is 0 Å². The van der Waals surface area contributed by atoms with Crippen molar-refractivity contribution in [3.8, 4) is 5.82 Å². The van der Waals surface area contributed by atoms with Gasteiger partial charge in [0, 0.05) is 12.1 Å². The number of anilines is 1. The van der Waals surface area contributed by atoms with Gasteiger partial charge in [-0.3, -0.25) is 4.79 Å². The first-order valence-corrected chi connectivity index (χ1v) is 8.59. The highest BCUT2D eigenvalue weighted by molar-refractivity contribution is 6.38. The number of nitrogens with one attached hydrogen (secondary N) is 1. The van der Waals surface area contributed by atoms with E-state index in [2.05, 4.69) is 35.8 Å². The maximum Gasteiger partial charge on any atom is 0.293 e. The molecule has 3 N–H and O–H groups in total. The molecule has 3 aromatic rings. The molecule has 2 heterocycles. The van der Waals surface area contributed by atoms with E-state index in [1.54, 1.807) is 18.2 Å². The molecule has 28 heavy (non-hydrogen) atoms. The number of nitrogens with two attached hydrogens (primary N) is 1. The fourth-order valence-electron chi connectivity index (χ4n) is 2.27. The summed E-state index contributed by atoms with van der Waals surface area (Å²) in [7, 11) is 3.64. The minimum absolute atomic E-state index is 0.0169. The fourth-order valence-corrected chi connectivity index (χ4v) is 2.76. The van der Waals surface area contributed by atoms with E-state index in [0.29, 0.717) is 27.8 Å².